The van der Waals surface area contributed by atoms with Gasteiger partial charge in [0.15, 0.2) is 10.6 Å². The van der Waals surface area contributed by atoms with Gasteiger partial charge in [0.25, 0.3) is 5.56 Å². The fraction of sp³-hybridized carbons (Fsp3) is 0.150. The largest absolute Gasteiger partial charge is 0.332 e. The molecule has 1 N–H and O–H groups in total. The van der Waals surface area contributed by atoms with Crippen molar-refractivity contribution in [1.29, 1.82) is 0 Å². The highest BCUT2D eigenvalue weighted by molar-refractivity contribution is 7.13. The van der Waals surface area contributed by atoms with Gasteiger partial charge in [0.05, 0.1) is 5.52 Å². The molecule has 0 bridgehead atoms. The summed E-state index contributed by atoms with van der Waals surface area (Å²) in [5, 5.41) is 4.84. The van der Waals surface area contributed by atoms with Gasteiger partial charge in [-0.2, -0.15) is 0 Å². The smallest absolute Gasteiger partial charge is 0.300 e. The van der Waals surface area contributed by atoms with Crippen LogP contribution < -0.4 is 16.6 Å². The Labute approximate surface area is 169 Å². The molecule has 3 heterocycles. The predicted molar refractivity (Wildman–Crippen MR) is 111 cm³/mol. The highest BCUT2D eigenvalue weighted by atomic mass is 32.1. The molecule has 0 fully saturated rings. The molecule has 0 aliphatic rings. The molecule has 146 valence electrons. The van der Waals surface area contributed by atoms with E-state index >= 15 is 0 Å². The molecular weight excluding hydrogens is 390 g/mol. The van der Waals surface area contributed by atoms with Gasteiger partial charge in [-0.3, -0.25) is 18.7 Å². The molecular formula is C20H17N5O3S. The number of anilines is 1. The summed E-state index contributed by atoms with van der Waals surface area (Å²) in [5.41, 5.74) is 0.488. The first-order valence-corrected chi connectivity index (χ1v) is 9.83. The van der Waals surface area contributed by atoms with Gasteiger partial charge in [-0.05, 0) is 24.1 Å². The second-order valence-electron chi connectivity index (χ2n) is 6.32. The van der Waals surface area contributed by atoms with Gasteiger partial charge in [-0.15, -0.1) is 11.3 Å². The Hall–Kier alpha value is -3.59. The average Bonchev–Trinajstić information content (AvgIpc) is 3.25. The Morgan fingerprint density at radius 2 is 1.83 bits per heavy atom. The average molecular weight is 407 g/mol. The molecule has 0 atom stereocenters. The van der Waals surface area contributed by atoms with Gasteiger partial charge in [0, 0.05) is 24.3 Å². The number of hydrogen-bond acceptors (Lipinski definition) is 6. The van der Waals surface area contributed by atoms with Crippen LogP contribution in [0.4, 0.5) is 5.13 Å². The van der Waals surface area contributed by atoms with E-state index < -0.39 is 17.2 Å². The first kappa shape index (κ1) is 18.8. The Morgan fingerprint density at radius 1 is 1.00 bits per heavy atom. The minimum atomic E-state index is -0.541. The fourth-order valence-corrected chi connectivity index (χ4v) is 3.61. The molecule has 4 aromatic rings. The molecule has 0 radical (unpaired) electrons. The fourth-order valence-electron chi connectivity index (χ4n) is 3.07. The number of rotatable bonds is 6. The summed E-state index contributed by atoms with van der Waals surface area (Å²) >= 11 is 1.28. The summed E-state index contributed by atoms with van der Waals surface area (Å²) in [5.74, 6) is -0.402. The standard InChI is InChI=1S/C20H17N5O3S/c26-16(23-19-22-10-12-29-19)13-25-15-7-4-9-21-17(15)18(27)24(20(25)28)11-8-14-5-2-1-3-6-14/h1-7,9-10,12H,8,11,13H2,(H,22,23,26). The van der Waals surface area contributed by atoms with E-state index in [1.54, 1.807) is 23.7 Å². The van der Waals surface area contributed by atoms with Crippen LogP contribution >= 0.6 is 11.3 Å². The lowest BCUT2D eigenvalue weighted by Gasteiger charge is -2.13. The summed E-state index contributed by atoms with van der Waals surface area (Å²) in [6, 6.07) is 12.8. The number of carbonyl (C=O) groups excluding carboxylic acids is 1. The highest BCUT2D eigenvalue weighted by Crippen LogP contribution is 2.11. The SMILES string of the molecule is O=C(Cn1c(=O)n(CCc2ccccc2)c(=O)c2ncccc21)Nc1nccs1. The summed E-state index contributed by atoms with van der Waals surface area (Å²) in [6.45, 7) is -0.0471. The number of thiazole rings is 1. The van der Waals surface area contributed by atoms with Crippen molar-refractivity contribution < 1.29 is 4.79 Å². The van der Waals surface area contributed by atoms with Crippen molar-refractivity contribution in [2.24, 2.45) is 0 Å². The van der Waals surface area contributed by atoms with Crippen LogP contribution in [0.3, 0.4) is 0 Å². The Morgan fingerprint density at radius 3 is 2.59 bits per heavy atom. The van der Waals surface area contributed by atoms with Crippen LogP contribution in [0.5, 0.6) is 0 Å². The molecule has 0 spiro atoms. The molecule has 8 nitrogen and oxygen atoms in total. The van der Waals surface area contributed by atoms with Crippen LogP contribution in [-0.2, 0) is 24.3 Å². The van der Waals surface area contributed by atoms with Gasteiger partial charge >= 0.3 is 5.69 Å². The maximum absolute atomic E-state index is 13.1. The van der Waals surface area contributed by atoms with Gasteiger partial charge in [-0.25, -0.2) is 14.8 Å². The summed E-state index contributed by atoms with van der Waals surface area (Å²) in [4.78, 5) is 46.5. The zero-order valence-electron chi connectivity index (χ0n) is 15.3. The molecule has 0 saturated heterocycles. The lowest BCUT2D eigenvalue weighted by molar-refractivity contribution is -0.116. The van der Waals surface area contributed by atoms with E-state index in [4.69, 9.17) is 0 Å². The van der Waals surface area contributed by atoms with Crippen molar-refractivity contribution >= 4 is 33.4 Å². The van der Waals surface area contributed by atoms with E-state index in [0.29, 0.717) is 17.1 Å². The van der Waals surface area contributed by atoms with Crippen LogP contribution in [0.15, 0.2) is 69.8 Å². The molecule has 4 rings (SSSR count). The number of hydrogen-bond donors (Lipinski definition) is 1. The van der Waals surface area contributed by atoms with E-state index in [1.807, 2.05) is 30.3 Å². The molecule has 0 aliphatic heterocycles. The van der Waals surface area contributed by atoms with Crippen molar-refractivity contribution in [3.05, 3.63) is 86.6 Å². The van der Waals surface area contributed by atoms with Gasteiger partial charge in [-0.1, -0.05) is 30.3 Å². The molecule has 29 heavy (non-hydrogen) atoms. The lowest BCUT2D eigenvalue weighted by atomic mass is 10.1. The second kappa shape index (κ2) is 8.19. The third kappa shape index (κ3) is 3.99. The van der Waals surface area contributed by atoms with Gasteiger partial charge < -0.3 is 5.32 Å². The predicted octanol–water partition coefficient (Wildman–Crippen LogP) is 1.90. The van der Waals surface area contributed by atoms with E-state index in [9.17, 15) is 14.4 Å². The van der Waals surface area contributed by atoms with Crippen molar-refractivity contribution in [2.75, 3.05) is 5.32 Å². The van der Waals surface area contributed by atoms with Crippen molar-refractivity contribution in [3.8, 4) is 0 Å². The number of aromatic nitrogens is 4. The highest BCUT2D eigenvalue weighted by Gasteiger charge is 2.16. The maximum Gasteiger partial charge on any atom is 0.332 e. The zero-order chi connectivity index (χ0) is 20.2. The van der Waals surface area contributed by atoms with Crippen LogP contribution in [0.2, 0.25) is 0 Å². The maximum atomic E-state index is 13.1. The number of nitrogens with zero attached hydrogens (tertiary/aromatic N) is 4. The minimum Gasteiger partial charge on any atom is -0.300 e. The van der Waals surface area contributed by atoms with E-state index in [0.717, 1.165) is 10.1 Å². The van der Waals surface area contributed by atoms with Crippen molar-refractivity contribution in [2.45, 2.75) is 19.5 Å². The topological polar surface area (TPSA) is 98.9 Å². The van der Waals surface area contributed by atoms with Gasteiger partial charge in [0.1, 0.15) is 6.54 Å². The van der Waals surface area contributed by atoms with E-state index in [2.05, 4.69) is 15.3 Å². The summed E-state index contributed by atoms with van der Waals surface area (Å²) < 4.78 is 2.41. The van der Waals surface area contributed by atoms with Gasteiger partial charge in [0.2, 0.25) is 5.91 Å². The quantitative estimate of drug-likeness (QED) is 0.526. The molecule has 0 saturated carbocycles. The van der Waals surface area contributed by atoms with Crippen LogP contribution in [0.1, 0.15) is 5.56 Å². The normalized spacial score (nSPS) is 10.9. The first-order chi connectivity index (χ1) is 14.1. The van der Waals surface area contributed by atoms with Crippen LogP contribution in [0, 0.1) is 0 Å². The number of nitrogens with one attached hydrogen (secondary N) is 1. The third-order valence-corrected chi connectivity index (χ3v) is 5.12. The Kier molecular flexibility index (Phi) is 5.30. The summed E-state index contributed by atoms with van der Waals surface area (Å²) in [6.07, 6.45) is 3.59. The molecule has 1 aromatic carbocycles. The molecule has 1 amide bonds. The molecule has 9 heteroatoms. The molecule has 0 aliphatic carbocycles. The Bertz CT molecular complexity index is 1260. The minimum absolute atomic E-state index is 0.155. The zero-order valence-corrected chi connectivity index (χ0v) is 16.1. The Balaban J connectivity index is 1.71. The third-order valence-electron chi connectivity index (χ3n) is 4.43. The van der Waals surface area contributed by atoms with Crippen molar-refractivity contribution in [3.63, 3.8) is 0 Å². The van der Waals surface area contributed by atoms with E-state index in [-0.39, 0.29) is 18.6 Å². The number of fused-ring (bicyclic) bond motifs is 1. The van der Waals surface area contributed by atoms with Crippen molar-refractivity contribution in [1.82, 2.24) is 19.1 Å². The monoisotopic (exact) mass is 407 g/mol. The first-order valence-electron chi connectivity index (χ1n) is 8.95. The summed E-state index contributed by atoms with van der Waals surface area (Å²) in [7, 11) is 0. The van der Waals surface area contributed by atoms with Crippen LogP contribution in [0.25, 0.3) is 11.0 Å². The number of benzene rings is 1. The number of pyridine rings is 1. The lowest BCUT2D eigenvalue weighted by Crippen LogP contribution is -2.42. The second-order valence-corrected chi connectivity index (χ2v) is 7.21. The molecule has 0 unspecified atom stereocenters. The number of amides is 1. The number of aryl methyl sites for hydroxylation is 1. The molecule has 3 aromatic heterocycles. The van der Waals surface area contributed by atoms with Crippen LogP contribution in [-0.4, -0.2) is 25.0 Å². The van der Waals surface area contributed by atoms with E-state index in [1.165, 1.54) is 22.1 Å². The number of carbonyl (C=O) groups is 1.